The largest absolute Gasteiger partial charge is 1.00 e. The standard InChI is InChI=1S/C10H8O7S2.2Na/c11-9-3-4-10(19(15,16)17)7-2-1-6(5-8(7)9)18(12,13)14;;/h1-5,11H,(H,12,13,14)(H,15,16,17);;/q;2*+1/p-2. The van der Waals surface area contributed by atoms with Crippen LogP contribution in [0.25, 0.3) is 10.8 Å². The molecule has 21 heavy (non-hydrogen) atoms. The first kappa shape index (κ1) is 21.3. The zero-order valence-electron chi connectivity index (χ0n) is 11.1. The van der Waals surface area contributed by atoms with Gasteiger partial charge in [0, 0.05) is 5.39 Å². The van der Waals surface area contributed by atoms with Crippen molar-refractivity contribution in [3.63, 3.8) is 0 Å². The van der Waals surface area contributed by atoms with Gasteiger partial charge in [0.05, 0.1) is 4.90 Å². The normalized spacial score (nSPS) is 11.5. The molecule has 0 aliphatic heterocycles. The van der Waals surface area contributed by atoms with Gasteiger partial charge < -0.3 is 9.66 Å². The Hall–Kier alpha value is 0.320. The van der Waals surface area contributed by atoms with E-state index in [0.29, 0.717) is 0 Å². The summed E-state index contributed by atoms with van der Waals surface area (Å²) in [4.78, 5) is -1.18. The van der Waals surface area contributed by atoms with E-state index in [1.54, 1.807) is 0 Å². The van der Waals surface area contributed by atoms with Crippen molar-refractivity contribution >= 4 is 31.0 Å². The predicted octanol–water partition coefficient (Wildman–Crippen LogP) is -5.93. The molecule has 0 aliphatic carbocycles. The third-order valence-corrected chi connectivity index (χ3v) is 4.22. The molecule has 7 nitrogen and oxygen atoms in total. The Morgan fingerprint density at radius 1 is 0.905 bits per heavy atom. The van der Waals surface area contributed by atoms with Gasteiger partial charge in [0.15, 0.2) is 0 Å². The van der Waals surface area contributed by atoms with Gasteiger partial charge in [-0.3, -0.25) is 4.55 Å². The molecule has 0 spiro atoms. The van der Waals surface area contributed by atoms with Gasteiger partial charge in [-0.2, -0.15) is 8.42 Å². The molecule has 0 aromatic heterocycles. The van der Waals surface area contributed by atoms with E-state index in [2.05, 4.69) is 0 Å². The summed E-state index contributed by atoms with van der Waals surface area (Å²) in [5.41, 5.74) is 0. The molecule has 0 aliphatic rings. The molecular weight excluding hydrogens is 342 g/mol. The van der Waals surface area contributed by atoms with Crippen molar-refractivity contribution in [1.29, 1.82) is 0 Å². The molecule has 0 bridgehead atoms. The molecule has 102 valence electrons. The average molecular weight is 348 g/mol. The molecular formula is C10H6Na2O7S2. The van der Waals surface area contributed by atoms with Crippen LogP contribution in [0.1, 0.15) is 0 Å². The van der Waals surface area contributed by atoms with E-state index in [9.17, 15) is 26.5 Å². The molecule has 2 aromatic carbocycles. The number of benzene rings is 2. The summed E-state index contributed by atoms with van der Waals surface area (Å²) >= 11 is 0. The zero-order chi connectivity index (χ0) is 14.4. The van der Waals surface area contributed by atoms with Crippen molar-refractivity contribution in [3.8, 4) is 5.75 Å². The Bertz CT molecular complexity index is 876. The first-order valence-corrected chi connectivity index (χ1v) is 7.63. The predicted molar refractivity (Wildman–Crippen MR) is 61.2 cm³/mol. The van der Waals surface area contributed by atoms with Crippen molar-refractivity contribution in [2.45, 2.75) is 9.79 Å². The summed E-state index contributed by atoms with van der Waals surface area (Å²) in [5, 5.41) is 11.1. The Morgan fingerprint density at radius 2 is 1.48 bits per heavy atom. The van der Waals surface area contributed by atoms with Crippen LogP contribution in [-0.2, 0) is 20.2 Å². The van der Waals surface area contributed by atoms with Crippen LogP contribution < -0.4 is 64.2 Å². The number of fused-ring (bicyclic) bond motifs is 1. The van der Waals surface area contributed by atoms with Crippen molar-refractivity contribution in [2.24, 2.45) is 0 Å². The summed E-state index contributed by atoms with van der Waals surface area (Å²) in [7, 11) is -9.32. The molecule has 0 heterocycles. The van der Waals surface area contributed by atoms with Crippen molar-refractivity contribution in [3.05, 3.63) is 30.3 Å². The minimum absolute atomic E-state index is 0. The summed E-state index contributed by atoms with van der Waals surface area (Å²) in [6.07, 6.45) is 0. The topological polar surface area (TPSA) is 135 Å². The summed E-state index contributed by atoms with van der Waals surface area (Å²) in [6.45, 7) is 0. The first-order chi connectivity index (χ1) is 8.60. The van der Waals surface area contributed by atoms with Gasteiger partial charge in [0.25, 0.3) is 10.1 Å². The molecule has 11 heteroatoms. The van der Waals surface area contributed by atoms with E-state index >= 15 is 0 Å². The van der Waals surface area contributed by atoms with Crippen molar-refractivity contribution in [1.82, 2.24) is 0 Å². The number of hydrogen-bond donors (Lipinski definition) is 1. The van der Waals surface area contributed by atoms with Crippen LogP contribution >= 0.6 is 0 Å². The summed E-state index contributed by atoms with van der Waals surface area (Å²) in [6, 6.07) is 4.43. The van der Waals surface area contributed by atoms with Gasteiger partial charge in [0.1, 0.15) is 15.0 Å². The van der Waals surface area contributed by atoms with Crippen LogP contribution in [0.2, 0.25) is 0 Å². The second-order valence-corrected chi connectivity index (χ2v) is 6.47. The molecule has 0 unspecified atom stereocenters. The maximum absolute atomic E-state index is 11.6. The fraction of sp³-hybridized carbons (Fsp3) is 0. The summed E-state index contributed by atoms with van der Waals surface area (Å²) < 4.78 is 63.8. The molecule has 0 amide bonds. The fourth-order valence-corrected chi connectivity index (χ4v) is 2.85. The maximum Gasteiger partial charge on any atom is 1.00 e. The van der Waals surface area contributed by atoms with Crippen LogP contribution in [0, 0.1) is 0 Å². The van der Waals surface area contributed by atoms with E-state index in [-0.39, 0.29) is 69.9 Å². The van der Waals surface area contributed by atoms with Gasteiger partial charge in [-0.25, -0.2) is 8.42 Å². The maximum atomic E-state index is 11.6. The SMILES string of the molecule is O=S(=O)([O-])c1ccc2c(S(=O)(=O)O)ccc([O-])c2c1.[Na+].[Na+]. The molecule has 0 saturated heterocycles. The third-order valence-electron chi connectivity index (χ3n) is 2.47. The molecule has 0 fully saturated rings. The molecule has 0 atom stereocenters. The average Bonchev–Trinajstić information content (AvgIpc) is 2.26. The smallest absolute Gasteiger partial charge is 0.872 e. The quantitative estimate of drug-likeness (QED) is 0.422. The fourth-order valence-electron chi connectivity index (χ4n) is 1.65. The van der Waals surface area contributed by atoms with Crippen molar-refractivity contribution in [2.75, 3.05) is 0 Å². The Labute approximate surface area is 165 Å². The van der Waals surface area contributed by atoms with E-state index in [0.717, 1.165) is 30.3 Å². The van der Waals surface area contributed by atoms with E-state index in [4.69, 9.17) is 4.55 Å². The minimum atomic E-state index is -4.76. The molecule has 1 N–H and O–H groups in total. The van der Waals surface area contributed by atoms with E-state index < -0.39 is 35.8 Å². The molecule has 0 saturated carbocycles. The van der Waals surface area contributed by atoms with Crippen LogP contribution in [-0.4, -0.2) is 25.9 Å². The second-order valence-electron chi connectivity index (χ2n) is 3.70. The number of rotatable bonds is 2. The van der Waals surface area contributed by atoms with Gasteiger partial charge in [0.2, 0.25) is 0 Å². The van der Waals surface area contributed by atoms with Gasteiger partial charge >= 0.3 is 59.1 Å². The Morgan fingerprint density at radius 3 is 1.95 bits per heavy atom. The second kappa shape index (κ2) is 7.26. The zero-order valence-corrected chi connectivity index (χ0v) is 16.7. The van der Waals surface area contributed by atoms with Crippen LogP contribution in [0.5, 0.6) is 5.75 Å². The van der Waals surface area contributed by atoms with Gasteiger partial charge in [-0.15, -0.1) is 5.75 Å². The van der Waals surface area contributed by atoms with E-state index in [1.165, 1.54) is 0 Å². The van der Waals surface area contributed by atoms with Crippen LogP contribution in [0.4, 0.5) is 0 Å². The Kier molecular flexibility index (Phi) is 7.37. The molecule has 0 radical (unpaired) electrons. The van der Waals surface area contributed by atoms with E-state index in [1.807, 2.05) is 0 Å². The monoisotopic (exact) mass is 348 g/mol. The Balaban J connectivity index is 0.00000200. The third kappa shape index (κ3) is 4.64. The number of hydrogen-bond acceptors (Lipinski definition) is 6. The van der Waals surface area contributed by atoms with Crippen LogP contribution in [0.3, 0.4) is 0 Å². The minimum Gasteiger partial charge on any atom is -0.872 e. The van der Waals surface area contributed by atoms with Gasteiger partial charge in [-0.05, 0) is 23.6 Å². The first-order valence-electron chi connectivity index (χ1n) is 4.78. The van der Waals surface area contributed by atoms with Crippen LogP contribution in [0.15, 0.2) is 40.1 Å². The molecule has 2 aromatic rings. The van der Waals surface area contributed by atoms with Gasteiger partial charge in [-0.1, -0.05) is 12.1 Å². The summed E-state index contributed by atoms with van der Waals surface area (Å²) in [5.74, 6) is -0.659. The molecule has 2 rings (SSSR count). The van der Waals surface area contributed by atoms with Crippen molar-refractivity contribution < 1.29 is 90.2 Å².